The molecule has 7 heteroatoms. The van der Waals surface area contributed by atoms with Crippen molar-refractivity contribution in [1.29, 1.82) is 5.26 Å². The van der Waals surface area contributed by atoms with Gasteiger partial charge in [-0.25, -0.2) is 9.78 Å². The Hall–Kier alpha value is -2.95. The van der Waals surface area contributed by atoms with E-state index in [9.17, 15) is 10.1 Å². The third-order valence-electron chi connectivity index (χ3n) is 6.79. The van der Waals surface area contributed by atoms with E-state index in [1.807, 2.05) is 18.2 Å². The summed E-state index contributed by atoms with van der Waals surface area (Å²) in [4.78, 5) is 20.3. The number of rotatable bonds is 4. The highest BCUT2D eigenvalue weighted by atomic mass is 16.1. The minimum Gasteiger partial charge on any atom is -0.309 e. The van der Waals surface area contributed by atoms with E-state index in [1.54, 1.807) is 16.2 Å². The predicted molar refractivity (Wildman–Crippen MR) is 130 cm³/mol. The van der Waals surface area contributed by atoms with Crippen molar-refractivity contribution in [3.05, 3.63) is 51.9 Å². The van der Waals surface area contributed by atoms with E-state index in [0.29, 0.717) is 29.8 Å². The summed E-state index contributed by atoms with van der Waals surface area (Å²) in [5.41, 5.74) is 4.73. The van der Waals surface area contributed by atoms with Crippen molar-refractivity contribution in [1.82, 2.24) is 24.3 Å². The molecule has 4 heterocycles. The maximum absolute atomic E-state index is 12.9. The second kappa shape index (κ2) is 8.12. The third-order valence-corrected chi connectivity index (χ3v) is 6.79. The van der Waals surface area contributed by atoms with Gasteiger partial charge in [-0.1, -0.05) is 26.8 Å². The van der Waals surface area contributed by atoms with Gasteiger partial charge in [-0.3, -0.25) is 14.0 Å². The van der Waals surface area contributed by atoms with E-state index in [-0.39, 0.29) is 11.1 Å². The van der Waals surface area contributed by atoms with Crippen LogP contribution in [0.5, 0.6) is 0 Å². The standard InChI is InChI=1S/C26H32N6O/c1-26(2,3)16-32-23-10-9-22(29-24(23)30(4)25(32)33)21-11-17(5-6-18(21)12-27)13-31-14-19-7-8-20(15-31)28-19/h5-6,9-11,19-20,28H,7-8,13-16H2,1-4H3. The summed E-state index contributed by atoms with van der Waals surface area (Å²) < 4.78 is 3.41. The Morgan fingerprint density at radius 3 is 2.55 bits per heavy atom. The quantitative estimate of drug-likeness (QED) is 0.668. The molecule has 0 amide bonds. The van der Waals surface area contributed by atoms with Gasteiger partial charge >= 0.3 is 5.69 Å². The summed E-state index contributed by atoms with van der Waals surface area (Å²) >= 11 is 0. The van der Waals surface area contributed by atoms with Crippen LogP contribution in [-0.2, 0) is 20.1 Å². The fourth-order valence-electron chi connectivity index (χ4n) is 5.33. The molecule has 2 aliphatic heterocycles. The van der Waals surface area contributed by atoms with Crippen LogP contribution in [-0.4, -0.2) is 44.2 Å². The Morgan fingerprint density at radius 1 is 1.15 bits per heavy atom. The molecule has 2 aliphatic rings. The number of piperazine rings is 1. The normalized spacial score (nSPS) is 20.9. The van der Waals surface area contributed by atoms with Crippen LogP contribution in [0, 0.1) is 16.7 Å². The maximum atomic E-state index is 12.9. The van der Waals surface area contributed by atoms with Crippen molar-refractivity contribution < 1.29 is 0 Å². The van der Waals surface area contributed by atoms with E-state index in [0.717, 1.165) is 36.4 Å². The fraction of sp³-hybridized carbons (Fsp3) is 0.500. The fourth-order valence-corrected chi connectivity index (χ4v) is 5.33. The number of benzene rings is 1. The van der Waals surface area contributed by atoms with Crippen LogP contribution in [0.4, 0.5) is 0 Å². The van der Waals surface area contributed by atoms with Gasteiger partial charge in [0.15, 0.2) is 5.65 Å². The van der Waals surface area contributed by atoms with Crippen LogP contribution in [0.15, 0.2) is 35.1 Å². The molecule has 1 aromatic carbocycles. The SMILES string of the molecule is Cn1c(=O)n(CC(C)(C)C)c2ccc(-c3cc(CN4CC5CCC(C4)N5)ccc3C#N)nc21. The molecular weight excluding hydrogens is 412 g/mol. The molecule has 33 heavy (non-hydrogen) atoms. The Kier molecular flexibility index (Phi) is 5.38. The average Bonchev–Trinajstić information content (AvgIpc) is 3.23. The maximum Gasteiger partial charge on any atom is 0.330 e. The van der Waals surface area contributed by atoms with Crippen LogP contribution in [0.25, 0.3) is 22.4 Å². The molecule has 0 radical (unpaired) electrons. The number of aryl methyl sites for hydroxylation is 1. The zero-order valence-electron chi connectivity index (χ0n) is 19.9. The van der Waals surface area contributed by atoms with E-state index in [1.165, 1.54) is 18.4 Å². The number of hydrogen-bond donors (Lipinski definition) is 1. The van der Waals surface area contributed by atoms with Gasteiger partial charge in [0.2, 0.25) is 0 Å². The predicted octanol–water partition coefficient (Wildman–Crippen LogP) is 3.26. The summed E-state index contributed by atoms with van der Waals surface area (Å²) in [6.07, 6.45) is 2.52. The number of nitriles is 1. The first-order valence-corrected chi connectivity index (χ1v) is 11.8. The monoisotopic (exact) mass is 444 g/mol. The molecule has 2 unspecified atom stereocenters. The molecule has 2 saturated heterocycles. The Labute approximate surface area is 194 Å². The summed E-state index contributed by atoms with van der Waals surface area (Å²) in [6.45, 7) is 9.99. The highest BCUT2D eigenvalue weighted by Crippen LogP contribution is 2.28. The van der Waals surface area contributed by atoms with Gasteiger partial charge in [-0.2, -0.15) is 5.26 Å². The first kappa shape index (κ1) is 21.9. The Balaban J connectivity index is 1.51. The zero-order chi connectivity index (χ0) is 23.3. The minimum absolute atomic E-state index is 0.0253. The lowest BCUT2D eigenvalue weighted by molar-refractivity contribution is 0.189. The first-order valence-electron chi connectivity index (χ1n) is 11.8. The van der Waals surface area contributed by atoms with Crippen LogP contribution in [0.3, 0.4) is 0 Å². The van der Waals surface area contributed by atoms with Crippen molar-refractivity contribution in [3.63, 3.8) is 0 Å². The van der Waals surface area contributed by atoms with Crippen molar-refractivity contribution >= 4 is 11.2 Å². The van der Waals surface area contributed by atoms with Gasteiger partial charge in [0.25, 0.3) is 0 Å². The molecule has 2 bridgehead atoms. The number of fused-ring (bicyclic) bond motifs is 3. The Morgan fingerprint density at radius 2 is 1.88 bits per heavy atom. The third kappa shape index (κ3) is 4.21. The number of nitrogens with one attached hydrogen (secondary N) is 1. The van der Waals surface area contributed by atoms with Crippen molar-refractivity contribution in [3.8, 4) is 17.3 Å². The van der Waals surface area contributed by atoms with Crippen LogP contribution < -0.4 is 11.0 Å². The average molecular weight is 445 g/mol. The highest BCUT2D eigenvalue weighted by molar-refractivity contribution is 5.78. The smallest absolute Gasteiger partial charge is 0.309 e. The molecule has 0 aliphatic carbocycles. The van der Waals surface area contributed by atoms with Gasteiger partial charge in [0.05, 0.1) is 22.8 Å². The minimum atomic E-state index is -0.0628. The van der Waals surface area contributed by atoms with Gasteiger partial charge in [0.1, 0.15) is 0 Å². The van der Waals surface area contributed by atoms with Gasteiger partial charge in [0, 0.05) is 50.9 Å². The number of imidazole rings is 1. The van der Waals surface area contributed by atoms with E-state index in [2.05, 4.69) is 49.2 Å². The summed E-state index contributed by atoms with van der Waals surface area (Å²) in [7, 11) is 1.76. The van der Waals surface area contributed by atoms with Crippen molar-refractivity contribution in [2.24, 2.45) is 12.5 Å². The lowest BCUT2D eigenvalue weighted by Crippen LogP contribution is -2.50. The number of hydrogen-bond acceptors (Lipinski definition) is 5. The summed E-state index contributed by atoms with van der Waals surface area (Å²) in [6, 6.07) is 13.5. The van der Waals surface area contributed by atoms with Gasteiger partial charge < -0.3 is 5.32 Å². The van der Waals surface area contributed by atoms with Crippen LogP contribution in [0.2, 0.25) is 0 Å². The van der Waals surface area contributed by atoms with Gasteiger partial charge in [-0.05, 0) is 48.1 Å². The molecule has 2 atom stereocenters. The molecule has 2 fully saturated rings. The highest BCUT2D eigenvalue weighted by Gasteiger charge is 2.32. The lowest BCUT2D eigenvalue weighted by atomic mass is 9.97. The second-order valence-corrected chi connectivity index (χ2v) is 10.9. The topological polar surface area (TPSA) is 78.9 Å². The van der Waals surface area contributed by atoms with Crippen LogP contribution >= 0.6 is 0 Å². The number of nitrogens with zero attached hydrogens (tertiary/aromatic N) is 5. The van der Waals surface area contributed by atoms with E-state index in [4.69, 9.17) is 4.98 Å². The molecular formula is C26H32N6O. The lowest BCUT2D eigenvalue weighted by Gasteiger charge is -2.32. The molecule has 0 saturated carbocycles. The largest absolute Gasteiger partial charge is 0.330 e. The van der Waals surface area contributed by atoms with E-state index >= 15 is 0 Å². The number of likely N-dealkylation sites (tertiary alicyclic amines) is 1. The second-order valence-electron chi connectivity index (χ2n) is 10.9. The summed E-state index contributed by atoms with van der Waals surface area (Å²) in [5, 5.41) is 13.4. The first-order chi connectivity index (χ1) is 15.7. The molecule has 7 nitrogen and oxygen atoms in total. The Bertz CT molecular complexity index is 1290. The molecule has 5 rings (SSSR count). The van der Waals surface area contributed by atoms with Gasteiger partial charge in [-0.15, -0.1) is 0 Å². The summed E-state index contributed by atoms with van der Waals surface area (Å²) in [5.74, 6) is 0. The zero-order valence-corrected chi connectivity index (χ0v) is 19.9. The molecule has 3 aromatic rings. The molecule has 172 valence electrons. The van der Waals surface area contributed by atoms with Crippen molar-refractivity contribution in [2.45, 2.75) is 58.8 Å². The molecule has 0 spiro atoms. The van der Waals surface area contributed by atoms with E-state index < -0.39 is 0 Å². The van der Waals surface area contributed by atoms with Crippen molar-refractivity contribution in [2.75, 3.05) is 13.1 Å². The van der Waals surface area contributed by atoms with Crippen LogP contribution in [0.1, 0.15) is 44.7 Å². The number of pyridine rings is 1. The molecule has 1 N–H and O–H groups in total. The molecule has 2 aromatic heterocycles. The number of aromatic nitrogens is 3.